The molecule has 1 atom stereocenters. The van der Waals surface area contributed by atoms with E-state index in [1.807, 2.05) is 0 Å². The SMILES string of the molecule is CS(=O)(=O)[C@@H](C#N)c1nc2ccccc2nc1Cl. The second-order valence-electron chi connectivity index (χ2n) is 3.73. The van der Waals surface area contributed by atoms with E-state index in [2.05, 4.69) is 9.97 Å². The molecule has 18 heavy (non-hydrogen) atoms. The third-order valence-electron chi connectivity index (χ3n) is 2.35. The predicted molar refractivity (Wildman–Crippen MR) is 67.7 cm³/mol. The molecule has 0 saturated heterocycles. The molecule has 0 amide bonds. The van der Waals surface area contributed by atoms with Crippen LogP contribution in [0.5, 0.6) is 0 Å². The van der Waals surface area contributed by atoms with E-state index in [9.17, 15) is 8.42 Å². The van der Waals surface area contributed by atoms with Crippen LogP contribution in [0.25, 0.3) is 11.0 Å². The fourth-order valence-electron chi connectivity index (χ4n) is 1.52. The molecule has 0 saturated carbocycles. The van der Waals surface area contributed by atoms with Crippen molar-refractivity contribution < 1.29 is 8.42 Å². The Bertz CT molecular complexity index is 752. The van der Waals surface area contributed by atoms with E-state index in [1.54, 1.807) is 30.3 Å². The number of halogens is 1. The van der Waals surface area contributed by atoms with Gasteiger partial charge >= 0.3 is 0 Å². The molecule has 2 aromatic rings. The maximum Gasteiger partial charge on any atom is 0.192 e. The van der Waals surface area contributed by atoms with Crippen molar-refractivity contribution in [3.8, 4) is 6.07 Å². The van der Waals surface area contributed by atoms with Gasteiger partial charge in [0.05, 0.1) is 17.1 Å². The van der Waals surface area contributed by atoms with Gasteiger partial charge in [0.1, 0.15) is 5.69 Å². The summed E-state index contributed by atoms with van der Waals surface area (Å²) in [4.78, 5) is 8.16. The van der Waals surface area contributed by atoms with Gasteiger partial charge in [0.15, 0.2) is 20.2 Å². The number of sulfone groups is 1. The molecule has 5 nitrogen and oxygen atoms in total. The average Bonchev–Trinajstić information content (AvgIpc) is 2.29. The molecular formula is C11H8ClN3O2S. The lowest BCUT2D eigenvalue weighted by atomic mass is 10.2. The van der Waals surface area contributed by atoms with Gasteiger partial charge in [-0.25, -0.2) is 18.4 Å². The fraction of sp³-hybridized carbons (Fsp3) is 0.182. The number of nitriles is 1. The van der Waals surface area contributed by atoms with Gasteiger partial charge in [0.25, 0.3) is 0 Å². The van der Waals surface area contributed by atoms with E-state index in [-0.39, 0.29) is 10.8 Å². The number of para-hydroxylation sites is 2. The smallest absolute Gasteiger partial charge is 0.192 e. The summed E-state index contributed by atoms with van der Waals surface area (Å²) in [6.45, 7) is 0. The molecule has 0 N–H and O–H groups in total. The normalized spacial score (nSPS) is 13.2. The molecule has 1 aromatic carbocycles. The third kappa shape index (κ3) is 2.28. The standard InChI is InChI=1S/C11H8ClN3O2S/c1-18(16,17)9(6-13)10-11(12)15-8-5-3-2-4-7(8)14-10/h2-5,9H,1H3/t9-/m0/s1. The monoisotopic (exact) mass is 281 g/mol. The van der Waals surface area contributed by atoms with Gasteiger partial charge in [-0.3, -0.25) is 0 Å². The largest absolute Gasteiger partial charge is 0.245 e. The van der Waals surface area contributed by atoms with Gasteiger partial charge in [-0.1, -0.05) is 23.7 Å². The Balaban J connectivity index is 2.72. The number of nitrogens with zero attached hydrogens (tertiary/aromatic N) is 3. The van der Waals surface area contributed by atoms with Gasteiger partial charge in [-0.2, -0.15) is 5.26 Å². The van der Waals surface area contributed by atoms with E-state index in [0.717, 1.165) is 6.26 Å². The van der Waals surface area contributed by atoms with Crippen LogP contribution < -0.4 is 0 Å². The maximum absolute atomic E-state index is 11.5. The molecule has 2 rings (SSSR count). The Hall–Kier alpha value is -1.71. The Kier molecular flexibility index (Phi) is 3.20. The van der Waals surface area contributed by atoms with Crippen molar-refractivity contribution in [3.05, 3.63) is 35.1 Å². The average molecular weight is 282 g/mol. The summed E-state index contributed by atoms with van der Waals surface area (Å²) in [5, 5.41) is 7.49. The molecule has 0 aliphatic heterocycles. The number of rotatable bonds is 2. The summed E-state index contributed by atoms with van der Waals surface area (Å²) in [6.07, 6.45) is 0.966. The molecule has 0 unspecified atom stereocenters. The lowest BCUT2D eigenvalue weighted by molar-refractivity contribution is 0.596. The van der Waals surface area contributed by atoms with Crippen LogP contribution in [0, 0.1) is 11.3 Å². The Morgan fingerprint density at radius 3 is 2.33 bits per heavy atom. The lowest BCUT2D eigenvalue weighted by Gasteiger charge is -2.08. The maximum atomic E-state index is 11.5. The van der Waals surface area contributed by atoms with Gasteiger partial charge in [0.2, 0.25) is 0 Å². The van der Waals surface area contributed by atoms with Gasteiger partial charge in [-0.05, 0) is 12.1 Å². The molecule has 0 fully saturated rings. The first kappa shape index (κ1) is 12.7. The predicted octanol–water partition coefficient (Wildman–Crippen LogP) is 1.89. The van der Waals surface area contributed by atoms with Crippen molar-refractivity contribution in [2.45, 2.75) is 5.25 Å². The second-order valence-corrected chi connectivity index (χ2v) is 6.22. The minimum atomic E-state index is -3.61. The number of hydrogen-bond donors (Lipinski definition) is 0. The number of fused-ring (bicyclic) bond motifs is 1. The van der Waals surface area contributed by atoms with Gasteiger partial charge in [0, 0.05) is 6.26 Å². The molecule has 0 aliphatic rings. The lowest BCUT2D eigenvalue weighted by Crippen LogP contribution is -2.12. The van der Waals surface area contributed by atoms with Crippen LogP contribution >= 0.6 is 11.6 Å². The molecular weight excluding hydrogens is 274 g/mol. The molecule has 0 radical (unpaired) electrons. The quantitative estimate of drug-likeness (QED) is 0.839. The van der Waals surface area contributed by atoms with Crippen molar-refractivity contribution in [3.63, 3.8) is 0 Å². The highest BCUT2D eigenvalue weighted by molar-refractivity contribution is 7.91. The Morgan fingerprint density at radius 1 is 1.28 bits per heavy atom. The van der Waals surface area contributed by atoms with E-state index < -0.39 is 15.1 Å². The van der Waals surface area contributed by atoms with Crippen molar-refractivity contribution in [1.29, 1.82) is 5.26 Å². The van der Waals surface area contributed by atoms with Crippen molar-refractivity contribution in [1.82, 2.24) is 9.97 Å². The van der Waals surface area contributed by atoms with Crippen LogP contribution in [0.3, 0.4) is 0 Å². The third-order valence-corrected chi connectivity index (χ3v) is 3.81. The first-order valence-electron chi connectivity index (χ1n) is 4.94. The van der Waals surface area contributed by atoms with Crippen LogP contribution in [0.15, 0.2) is 24.3 Å². The van der Waals surface area contributed by atoms with Crippen LogP contribution in [-0.4, -0.2) is 24.6 Å². The van der Waals surface area contributed by atoms with Crippen LogP contribution in [-0.2, 0) is 9.84 Å². The summed E-state index contributed by atoms with van der Waals surface area (Å²) in [7, 11) is -3.61. The van der Waals surface area contributed by atoms with E-state index in [0.29, 0.717) is 11.0 Å². The Morgan fingerprint density at radius 2 is 1.83 bits per heavy atom. The highest BCUT2D eigenvalue weighted by atomic mass is 35.5. The van der Waals surface area contributed by atoms with E-state index in [1.165, 1.54) is 0 Å². The van der Waals surface area contributed by atoms with Crippen molar-refractivity contribution in [2.24, 2.45) is 0 Å². The zero-order valence-electron chi connectivity index (χ0n) is 9.33. The molecule has 7 heteroatoms. The summed E-state index contributed by atoms with van der Waals surface area (Å²) in [5.74, 6) is 0. The Labute approximate surface area is 109 Å². The summed E-state index contributed by atoms with van der Waals surface area (Å²) in [6, 6.07) is 8.59. The molecule has 92 valence electrons. The summed E-state index contributed by atoms with van der Waals surface area (Å²) in [5.41, 5.74) is 1.03. The van der Waals surface area contributed by atoms with Gasteiger partial charge < -0.3 is 0 Å². The molecule has 0 spiro atoms. The highest BCUT2D eigenvalue weighted by Gasteiger charge is 2.27. The zero-order chi connectivity index (χ0) is 13.3. The van der Waals surface area contributed by atoms with Crippen LogP contribution in [0.4, 0.5) is 0 Å². The number of benzene rings is 1. The highest BCUT2D eigenvalue weighted by Crippen LogP contribution is 2.26. The first-order valence-corrected chi connectivity index (χ1v) is 7.27. The minimum Gasteiger partial charge on any atom is -0.245 e. The van der Waals surface area contributed by atoms with E-state index >= 15 is 0 Å². The number of aromatic nitrogens is 2. The topological polar surface area (TPSA) is 83.7 Å². The molecule has 0 aliphatic carbocycles. The van der Waals surface area contributed by atoms with Crippen molar-refractivity contribution >= 4 is 32.5 Å². The summed E-state index contributed by atoms with van der Waals surface area (Å²) >= 11 is 5.89. The fourth-order valence-corrected chi connectivity index (χ4v) is 2.59. The summed E-state index contributed by atoms with van der Waals surface area (Å²) < 4.78 is 23.0. The van der Waals surface area contributed by atoms with Crippen LogP contribution in [0.2, 0.25) is 5.15 Å². The minimum absolute atomic E-state index is 0.0274. The van der Waals surface area contributed by atoms with Gasteiger partial charge in [-0.15, -0.1) is 0 Å². The van der Waals surface area contributed by atoms with E-state index in [4.69, 9.17) is 16.9 Å². The molecule has 1 aromatic heterocycles. The zero-order valence-corrected chi connectivity index (χ0v) is 10.9. The first-order chi connectivity index (χ1) is 8.43. The molecule has 1 heterocycles. The molecule has 0 bridgehead atoms. The van der Waals surface area contributed by atoms with Crippen molar-refractivity contribution in [2.75, 3.05) is 6.26 Å². The second kappa shape index (κ2) is 4.52. The van der Waals surface area contributed by atoms with Crippen LogP contribution in [0.1, 0.15) is 10.9 Å². The number of hydrogen-bond acceptors (Lipinski definition) is 5.